The molecule has 0 bridgehead atoms. The maximum Gasteiger partial charge on any atom is 0.257 e. The number of amides is 2. The molecule has 4 N–H and O–H groups in total. The topological polar surface area (TPSA) is 118 Å². The summed E-state index contributed by atoms with van der Waals surface area (Å²) in [7, 11) is -3.79. The Morgan fingerprint density at radius 3 is 2.27 bits per heavy atom. The Hall–Kier alpha value is -2.71. The molecule has 8 heteroatoms. The van der Waals surface area contributed by atoms with Gasteiger partial charge in [0.05, 0.1) is 16.1 Å². The highest BCUT2D eigenvalue weighted by molar-refractivity contribution is 7.89. The molecule has 2 amide bonds. The molecular weight excluding hydrogens is 354 g/mol. The van der Waals surface area contributed by atoms with Gasteiger partial charge < -0.3 is 10.6 Å². The molecule has 2 aromatic rings. The number of nitrogens with one attached hydrogen (secondary N) is 2. The van der Waals surface area contributed by atoms with Gasteiger partial charge in [-0.3, -0.25) is 9.59 Å². The van der Waals surface area contributed by atoms with Crippen molar-refractivity contribution in [2.45, 2.75) is 31.6 Å². The first-order valence-electron chi connectivity index (χ1n) is 8.05. The lowest BCUT2D eigenvalue weighted by atomic mass is 10.1. The molecule has 0 saturated carbocycles. The lowest BCUT2D eigenvalue weighted by Gasteiger charge is -2.12. The van der Waals surface area contributed by atoms with Crippen LogP contribution in [0.2, 0.25) is 0 Å². The minimum Gasteiger partial charge on any atom is -0.325 e. The number of nitrogens with two attached hydrogens (primary N) is 1. The second-order valence-corrected chi connectivity index (χ2v) is 7.43. The normalized spacial score (nSPS) is 11.0. The van der Waals surface area contributed by atoms with E-state index in [-0.39, 0.29) is 10.8 Å². The van der Waals surface area contributed by atoms with E-state index in [1.165, 1.54) is 24.3 Å². The summed E-state index contributed by atoms with van der Waals surface area (Å²) in [4.78, 5) is 24.4. The Bertz CT molecular complexity index is 922. The van der Waals surface area contributed by atoms with E-state index in [0.717, 1.165) is 5.56 Å². The summed E-state index contributed by atoms with van der Waals surface area (Å²) >= 11 is 0. The molecule has 0 atom stereocenters. The van der Waals surface area contributed by atoms with Gasteiger partial charge in [-0.15, -0.1) is 0 Å². The number of anilines is 2. The molecule has 0 aromatic heterocycles. The molecule has 2 aromatic carbocycles. The van der Waals surface area contributed by atoms with Crippen LogP contribution in [0.1, 0.15) is 35.7 Å². The molecule has 0 aliphatic carbocycles. The van der Waals surface area contributed by atoms with Crippen molar-refractivity contribution >= 4 is 33.2 Å². The van der Waals surface area contributed by atoms with Crippen molar-refractivity contribution in [1.82, 2.24) is 0 Å². The standard InChI is InChI=1S/C18H21N3O4S/c1-3-4-17(22)21-16-10-5-12(2)11-15(16)18(23)20-13-6-8-14(9-7-13)26(19,24)25/h5-11H,3-4H2,1-2H3,(H,20,23)(H,21,22)(H2,19,24,25). The highest BCUT2D eigenvalue weighted by Crippen LogP contribution is 2.20. The van der Waals surface area contributed by atoms with Crippen molar-refractivity contribution in [2.24, 2.45) is 5.14 Å². The third-order valence-corrected chi connectivity index (χ3v) is 4.54. The Morgan fingerprint density at radius 2 is 1.69 bits per heavy atom. The molecule has 0 fully saturated rings. The van der Waals surface area contributed by atoms with Gasteiger partial charge in [0.15, 0.2) is 0 Å². The number of hydrogen-bond acceptors (Lipinski definition) is 4. The number of hydrogen-bond donors (Lipinski definition) is 3. The summed E-state index contributed by atoms with van der Waals surface area (Å²) in [5.74, 6) is -0.577. The van der Waals surface area contributed by atoms with Crippen molar-refractivity contribution in [1.29, 1.82) is 0 Å². The van der Waals surface area contributed by atoms with E-state index in [2.05, 4.69) is 10.6 Å². The lowest BCUT2D eigenvalue weighted by Crippen LogP contribution is -2.18. The van der Waals surface area contributed by atoms with Crippen LogP contribution >= 0.6 is 0 Å². The fourth-order valence-corrected chi connectivity index (χ4v) is 2.84. The van der Waals surface area contributed by atoms with Crippen LogP contribution in [-0.2, 0) is 14.8 Å². The Labute approximate surface area is 152 Å². The first-order chi connectivity index (χ1) is 12.2. The quantitative estimate of drug-likeness (QED) is 0.719. The minimum absolute atomic E-state index is 0.0430. The molecule has 0 radical (unpaired) electrons. The zero-order valence-corrected chi connectivity index (χ0v) is 15.4. The van der Waals surface area contributed by atoms with Gasteiger partial charge in [-0.2, -0.15) is 0 Å². The zero-order valence-electron chi connectivity index (χ0n) is 14.6. The van der Waals surface area contributed by atoms with Crippen LogP contribution < -0.4 is 15.8 Å². The number of carbonyl (C=O) groups excluding carboxylic acids is 2. The summed E-state index contributed by atoms with van der Waals surface area (Å²) < 4.78 is 22.6. The van der Waals surface area contributed by atoms with Gasteiger partial charge in [-0.05, 0) is 49.7 Å². The SMILES string of the molecule is CCCC(=O)Nc1ccc(C)cc1C(=O)Nc1ccc(S(N)(=O)=O)cc1. The summed E-state index contributed by atoms with van der Waals surface area (Å²) in [6.45, 7) is 3.74. The lowest BCUT2D eigenvalue weighted by molar-refractivity contribution is -0.116. The molecule has 0 unspecified atom stereocenters. The largest absolute Gasteiger partial charge is 0.325 e. The van der Waals surface area contributed by atoms with Crippen LogP contribution in [0.5, 0.6) is 0 Å². The molecule has 0 aliphatic heterocycles. The summed E-state index contributed by atoms with van der Waals surface area (Å²) in [5, 5.41) is 10.5. The average molecular weight is 375 g/mol. The Balaban J connectivity index is 2.23. The van der Waals surface area contributed by atoms with Crippen LogP contribution in [0.3, 0.4) is 0 Å². The number of aryl methyl sites for hydroxylation is 1. The predicted molar refractivity (Wildman–Crippen MR) is 100 cm³/mol. The first-order valence-corrected chi connectivity index (χ1v) is 9.60. The van der Waals surface area contributed by atoms with E-state index in [1.54, 1.807) is 18.2 Å². The molecule has 0 spiro atoms. The summed E-state index contributed by atoms with van der Waals surface area (Å²) in [6.07, 6.45) is 1.07. The van der Waals surface area contributed by atoms with Crippen LogP contribution in [-0.4, -0.2) is 20.2 Å². The van der Waals surface area contributed by atoms with Gasteiger partial charge in [0.25, 0.3) is 5.91 Å². The maximum atomic E-state index is 12.6. The van der Waals surface area contributed by atoms with E-state index in [0.29, 0.717) is 29.8 Å². The van der Waals surface area contributed by atoms with Crippen LogP contribution in [0.15, 0.2) is 47.4 Å². The highest BCUT2D eigenvalue weighted by Gasteiger charge is 2.15. The van der Waals surface area contributed by atoms with E-state index in [1.807, 2.05) is 13.8 Å². The number of rotatable bonds is 6. The highest BCUT2D eigenvalue weighted by atomic mass is 32.2. The molecule has 2 rings (SSSR count). The monoisotopic (exact) mass is 375 g/mol. The van der Waals surface area contributed by atoms with E-state index >= 15 is 0 Å². The first kappa shape index (κ1) is 19.6. The van der Waals surface area contributed by atoms with E-state index in [9.17, 15) is 18.0 Å². The predicted octanol–water partition coefficient (Wildman–Crippen LogP) is 2.63. The Kier molecular flexibility index (Phi) is 6.12. The van der Waals surface area contributed by atoms with Crippen molar-refractivity contribution < 1.29 is 18.0 Å². The molecule has 138 valence electrons. The smallest absolute Gasteiger partial charge is 0.257 e. The molecule has 0 aliphatic rings. The number of sulfonamides is 1. The van der Waals surface area contributed by atoms with Crippen LogP contribution in [0.4, 0.5) is 11.4 Å². The molecule has 0 heterocycles. The van der Waals surface area contributed by atoms with Gasteiger partial charge in [0.2, 0.25) is 15.9 Å². The molecular formula is C18H21N3O4S. The van der Waals surface area contributed by atoms with Crippen molar-refractivity contribution in [3.63, 3.8) is 0 Å². The van der Waals surface area contributed by atoms with Gasteiger partial charge in [-0.1, -0.05) is 18.6 Å². The van der Waals surface area contributed by atoms with Gasteiger partial charge >= 0.3 is 0 Å². The maximum absolute atomic E-state index is 12.6. The van der Waals surface area contributed by atoms with E-state index in [4.69, 9.17) is 5.14 Å². The Morgan fingerprint density at radius 1 is 1.04 bits per heavy atom. The average Bonchev–Trinajstić information content (AvgIpc) is 2.56. The minimum atomic E-state index is -3.79. The second-order valence-electron chi connectivity index (χ2n) is 5.87. The summed E-state index contributed by atoms with van der Waals surface area (Å²) in [6, 6.07) is 10.7. The van der Waals surface area contributed by atoms with Gasteiger partial charge in [0, 0.05) is 12.1 Å². The van der Waals surface area contributed by atoms with Crippen molar-refractivity contribution in [3.05, 3.63) is 53.6 Å². The number of benzene rings is 2. The third kappa shape index (κ3) is 5.14. The van der Waals surface area contributed by atoms with Crippen molar-refractivity contribution in [3.8, 4) is 0 Å². The molecule has 7 nitrogen and oxygen atoms in total. The van der Waals surface area contributed by atoms with Crippen molar-refractivity contribution in [2.75, 3.05) is 10.6 Å². The number of carbonyl (C=O) groups is 2. The molecule has 26 heavy (non-hydrogen) atoms. The fourth-order valence-electron chi connectivity index (χ4n) is 2.32. The van der Waals surface area contributed by atoms with Gasteiger partial charge in [-0.25, -0.2) is 13.6 Å². The number of primary sulfonamides is 1. The van der Waals surface area contributed by atoms with E-state index < -0.39 is 15.9 Å². The third-order valence-electron chi connectivity index (χ3n) is 3.61. The zero-order chi connectivity index (χ0) is 19.3. The van der Waals surface area contributed by atoms with Crippen LogP contribution in [0, 0.1) is 6.92 Å². The molecule has 0 saturated heterocycles. The fraction of sp³-hybridized carbons (Fsp3) is 0.222. The summed E-state index contributed by atoms with van der Waals surface area (Å²) in [5.41, 5.74) is 2.03. The van der Waals surface area contributed by atoms with Crippen LogP contribution in [0.25, 0.3) is 0 Å². The van der Waals surface area contributed by atoms with Gasteiger partial charge in [0.1, 0.15) is 0 Å². The second kappa shape index (κ2) is 8.11.